The van der Waals surface area contributed by atoms with Crippen LogP contribution in [0.5, 0.6) is 0 Å². The number of carbonyl (C=O) groups is 2. The maximum atomic E-state index is 12.5. The number of esters is 1. The van der Waals surface area contributed by atoms with E-state index in [4.69, 9.17) is 16.3 Å². The van der Waals surface area contributed by atoms with Gasteiger partial charge in [0, 0.05) is 22.6 Å². The first-order chi connectivity index (χ1) is 17.0. The topological polar surface area (TPSA) is 93.2 Å². The first-order valence-electron chi connectivity index (χ1n) is 11.0. The monoisotopic (exact) mass is 506 g/mol. The summed E-state index contributed by atoms with van der Waals surface area (Å²) < 4.78 is 4.97. The lowest BCUT2D eigenvalue weighted by molar-refractivity contribution is -0.113. The highest BCUT2D eigenvalue weighted by atomic mass is 35.5. The average molecular weight is 507 g/mol. The maximum Gasteiger partial charge on any atom is 0.338 e. The first kappa shape index (κ1) is 24.5. The molecular weight excluding hydrogens is 484 g/mol. The molecule has 0 saturated carbocycles. The number of halogens is 1. The summed E-state index contributed by atoms with van der Waals surface area (Å²) in [6.07, 6.45) is 0. The van der Waals surface area contributed by atoms with Crippen molar-refractivity contribution in [3.8, 4) is 0 Å². The van der Waals surface area contributed by atoms with E-state index in [-0.39, 0.29) is 11.7 Å². The van der Waals surface area contributed by atoms with Crippen LogP contribution >= 0.6 is 23.4 Å². The maximum absolute atomic E-state index is 12.5. The second kappa shape index (κ2) is 11.7. The molecule has 35 heavy (non-hydrogen) atoms. The molecule has 0 saturated heterocycles. The molecule has 0 atom stereocenters. The van der Waals surface area contributed by atoms with Gasteiger partial charge in [0.25, 0.3) is 0 Å². The van der Waals surface area contributed by atoms with E-state index in [1.165, 1.54) is 11.8 Å². The highest BCUT2D eigenvalue weighted by Crippen LogP contribution is 2.25. The Hall–Kier alpha value is -3.62. The van der Waals surface area contributed by atoms with Crippen LogP contribution in [0, 0.1) is 0 Å². The van der Waals surface area contributed by atoms with Gasteiger partial charge in [0.2, 0.25) is 5.91 Å². The number of hydrogen-bond donors (Lipinski definition) is 2. The second-order valence-electron chi connectivity index (χ2n) is 7.49. The van der Waals surface area contributed by atoms with Gasteiger partial charge in [0.05, 0.1) is 23.4 Å². The highest BCUT2D eigenvalue weighted by Gasteiger charge is 2.11. The van der Waals surface area contributed by atoms with Crippen LogP contribution in [0.15, 0.2) is 78.0 Å². The van der Waals surface area contributed by atoms with Crippen molar-refractivity contribution < 1.29 is 14.3 Å². The Morgan fingerprint density at radius 2 is 1.71 bits per heavy atom. The van der Waals surface area contributed by atoms with E-state index in [9.17, 15) is 9.59 Å². The number of benzene rings is 3. The molecule has 9 heteroatoms. The number of amides is 1. The number of ether oxygens (including phenoxy) is 1. The normalized spacial score (nSPS) is 10.7. The van der Waals surface area contributed by atoms with Gasteiger partial charge in [0.15, 0.2) is 5.16 Å². The van der Waals surface area contributed by atoms with Crippen molar-refractivity contribution in [2.75, 3.05) is 23.0 Å². The minimum atomic E-state index is -0.394. The Bertz CT molecular complexity index is 1330. The number of nitrogens with one attached hydrogen (secondary N) is 2. The Balaban J connectivity index is 1.40. The summed E-state index contributed by atoms with van der Waals surface area (Å²) in [7, 11) is 0. The van der Waals surface area contributed by atoms with Crippen LogP contribution in [-0.4, -0.2) is 34.2 Å². The molecule has 1 amide bonds. The minimum absolute atomic E-state index is 0.134. The third-order valence-electron chi connectivity index (χ3n) is 4.97. The number of carbonyl (C=O) groups excluding carboxylic acids is 2. The van der Waals surface area contributed by atoms with E-state index < -0.39 is 5.97 Å². The smallest absolute Gasteiger partial charge is 0.338 e. The lowest BCUT2D eigenvalue weighted by Gasteiger charge is -2.11. The fraction of sp³-hybridized carbons (Fsp3) is 0.154. The zero-order valence-corrected chi connectivity index (χ0v) is 20.5. The van der Waals surface area contributed by atoms with Crippen LogP contribution in [-0.2, 0) is 16.1 Å². The van der Waals surface area contributed by atoms with Gasteiger partial charge in [-0.1, -0.05) is 47.6 Å². The quantitative estimate of drug-likeness (QED) is 0.168. The van der Waals surface area contributed by atoms with E-state index in [1.807, 2.05) is 48.5 Å². The van der Waals surface area contributed by atoms with Crippen LogP contribution in [0.25, 0.3) is 10.9 Å². The summed E-state index contributed by atoms with van der Waals surface area (Å²) >= 11 is 7.22. The van der Waals surface area contributed by atoms with Crippen molar-refractivity contribution in [2.45, 2.75) is 18.6 Å². The Morgan fingerprint density at radius 3 is 2.46 bits per heavy atom. The molecule has 0 spiro atoms. The molecule has 1 heterocycles. The number of hydrogen-bond acceptors (Lipinski definition) is 7. The van der Waals surface area contributed by atoms with Gasteiger partial charge in [0.1, 0.15) is 5.82 Å². The molecule has 4 rings (SSSR count). The predicted molar refractivity (Wildman–Crippen MR) is 140 cm³/mol. The molecule has 2 N–H and O–H groups in total. The van der Waals surface area contributed by atoms with Crippen molar-refractivity contribution in [2.24, 2.45) is 0 Å². The molecular formula is C26H23ClN4O3S. The molecule has 4 aromatic rings. The standard InChI is InChI=1S/C26H23ClN4O3S/c1-2-34-25(33)18-9-13-20(14-10-18)29-23(32)16-35-26-30-22-6-4-3-5-21(22)24(31-26)28-15-17-7-11-19(27)12-8-17/h3-14H,2,15-16H2,1H3,(H,29,32)(H,28,30,31). The lowest BCUT2D eigenvalue weighted by atomic mass is 10.2. The molecule has 0 aliphatic heterocycles. The van der Waals surface area contributed by atoms with Gasteiger partial charge >= 0.3 is 5.97 Å². The minimum Gasteiger partial charge on any atom is -0.462 e. The summed E-state index contributed by atoms with van der Waals surface area (Å²) in [5.74, 6) is 0.235. The number of fused-ring (bicyclic) bond motifs is 1. The molecule has 0 radical (unpaired) electrons. The number of anilines is 2. The molecule has 0 unspecified atom stereocenters. The van der Waals surface area contributed by atoms with Crippen molar-refractivity contribution in [1.29, 1.82) is 0 Å². The fourth-order valence-corrected chi connectivity index (χ4v) is 4.05. The first-order valence-corrected chi connectivity index (χ1v) is 12.3. The molecule has 3 aromatic carbocycles. The zero-order valence-electron chi connectivity index (χ0n) is 19.0. The van der Waals surface area contributed by atoms with E-state index >= 15 is 0 Å². The van der Waals surface area contributed by atoms with Gasteiger partial charge in [-0.15, -0.1) is 0 Å². The Morgan fingerprint density at radius 1 is 0.971 bits per heavy atom. The predicted octanol–water partition coefficient (Wildman–Crippen LogP) is 5.80. The molecule has 0 bridgehead atoms. The fourth-order valence-electron chi connectivity index (χ4n) is 3.27. The summed E-state index contributed by atoms with van der Waals surface area (Å²) in [6, 6.07) is 21.9. The van der Waals surface area contributed by atoms with Crippen molar-refractivity contribution in [3.63, 3.8) is 0 Å². The molecule has 0 aliphatic carbocycles. The number of aromatic nitrogens is 2. The van der Waals surface area contributed by atoms with Crippen LogP contribution in [0.3, 0.4) is 0 Å². The molecule has 1 aromatic heterocycles. The molecule has 0 fully saturated rings. The second-order valence-corrected chi connectivity index (χ2v) is 8.87. The molecule has 178 valence electrons. The van der Waals surface area contributed by atoms with Gasteiger partial charge in [-0.3, -0.25) is 4.79 Å². The summed E-state index contributed by atoms with van der Waals surface area (Å²) in [5, 5.41) is 8.27. The zero-order chi connectivity index (χ0) is 24.6. The third-order valence-corrected chi connectivity index (χ3v) is 6.07. The summed E-state index contributed by atoms with van der Waals surface area (Å²) in [6.45, 7) is 2.64. The van der Waals surface area contributed by atoms with E-state index in [0.717, 1.165) is 16.5 Å². The van der Waals surface area contributed by atoms with Crippen LogP contribution in [0.4, 0.5) is 11.5 Å². The number of rotatable bonds is 9. The van der Waals surface area contributed by atoms with Gasteiger partial charge in [-0.25, -0.2) is 14.8 Å². The van der Waals surface area contributed by atoms with Crippen LogP contribution < -0.4 is 10.6 Å². The van der Waals surface area contributed by atoms with Crippen molar-refractivity contribution in [1.82, 2.24) is 9.97 Å². The Labute approximate surface area is 212 Å². The number of para-hydroxylation sites is 1. The highest BCUT2D eigenvalue weighted by molar-refractivity contribution is 7.99. The SMILES string of the molecule is CCOC(=O)c1ccc(NC(=O)CSc2nc(NCc3ccc(Cl)cc3)c3ccccc3n2)cc1. The third kappa shape index (κ3) is 6.71. The van der Waals surface area contributed by atoms with Crippen molar-refractivity contribution in [3.05, 3.63) is 88.9 Å². The van der Waals surface area contributed by atoms with E-state index in [2.05, 4.69) is 20.6 Å². The summed E-state index contributed by atoms with van der Waals surface area (Å²) in [5.41, 5.74) is 2.88. The lowest BCUT2D eigenvalue weighted by Crippen LogP contribution is -2.14. The van der Waals surface area contributed by atoms with Crippen molar-refractivity contribution >= 4 is 57.6 Å². The average Bonchev–Trinajstić information content (AvgIpc) is 2.87. The number of thioether (sulfide) groups is 1. The van der Waals surface area contributed by atoms with E-state index in [1.54, 1.807) is 31.2 Å². The van der Waals surface area contributed by atoms with Gasteiger partial charge in [-0.2, -0.15) is 0 Å². The Kier molecular flexibility index (Phi) is 8.18. The summed E-state index contributed by atoms with van der Waals surface area (Å²) in [4.78, 5) is 33.5. The van der Waals surface area contributed by atoms with Gasteiger partial charge in [-0.05, 0) is 61.0 Å². The van der Waals surface area contributed by atoms with E-state index in [0.29, 0.717) is 40.4 Å². The molecule has 7 nitrogen and oxygen atoms in total. The van der Waals surface area contributed by atoms with Gasteiger partial charge < -0.3 is 15.4 Å². The molecule has 0 aliphatic rings. The van der Waals surface area contributed by atoms with Crippen LogP contribution in [0.2, 0.25) is 5.02 Å². The van der Waals surface area contributed by atoms with Crippen LogP contribution in [0.1, 0.15) is 22.8 Å². The largest absolute Gasteiger partial charge is 0.462 e. The number of nitrogens with zero attached hydrogens (tertiary/aromatic N) is 2.